The molecule has 0 atom stereocenters. The van der Waals surface area contributed by atoms with E-state index in [1.54, 1.807) is 30.1 Å². The molecule has 0 aromatic carbocycles. The van der Waals surface area contributed by atoms with Gasteiger partial charge in [-0.3, -0.25) is 19.0 Å². The average Bonchev–Trinajstić information content (AvgIpc) is 3.36. The second-order valence-electron chi connectivity index (χ2n) is 6.30. The van der Waals surface area contributed by atoms with Crippen molar-refractivity contribution in [1.82, 2.24) is 24.9 Å². The molecule has 3 heterocycles. The highest BCUT2D eigenvalue weighted by Crippen LogP contribution is 2.20. The van der Waals surface area contributed by atoms with E-state index in [-0.39, 0.29) is 30.5 Å². The molecule has 148 valence electrons. The van der Waals surface area contributed by atoms with Crippen molar-refractivity contribution >= 4 is 33.4 Å². The molecule has 0 aliphatic carbocycles. The summed E-state index contributed by atoms with van der Waals surface area (Å²) in [4.78, 5) is 24.9. The zero-order valence-electron chi connectivity index (χ0n) is 15.8. The van der Waals surface area contributed by atoms with Crippen molar-refractivity contribution in [2.75, 3.05) is 5.32 Å². The van der Waals surface area contributed by atoms with Crippen molar-refractivity contribution in [3.8, 4) is 0 Å². The number of amides is 2. The highest BCUT2D eigenvalue weighted by atomic mass is 79.9. The van der Waals surface area contributed by atoms with Crippen LogP contribution in [0.2, 0.25) is 0 Å². The van der Waals surface area contributed by atoms with Gasteiger partial charge in [0.25, 0.3) is 5.91 Å². The van der Waals surface area contributed by atoms with Gasteiger partial charge in [-0.15, -0.1) is 0 Å². The fourth-order valence-electron chi connectivity index (χ4n) is 2.78. The van der Waals surface area contributed by atoms with Gasteiger partial charge >= 0.3 is 0 Å². The molecule has 28 heavy (non-hydrogen) atoms. The number of anilines is 1. The lowest BCUT2D eigenvalue weighted by Gasteiger charge is -2.09. The molecule has 9 nitrogen and oxygen atoms in total. The summed E-state index contributed by atoms with van der Waals surface area (Å²) in [7, 11) is 1.64. The molecule has 0 fully saturated rings. The average molecular weight is 449 g/mol. The standard InChI is InChI=1S/C18H21BrN6O3/c1-11-16(19)12(2)25(23-11)7-6-15(26)22-14-10-21-24(3)17(14)18(27)20-9-13-5-4-8-28-13/h4-5,8,10H,6-7,9H2,1-3H3,(H,20,27)(H,22,26). The number of carbonyl (C=O) groups excluding carboxylic acids is 2. The van der Waals surface area contributed by atoms with E-state index in [2.05, 4.69) is 36.8 Å². The number of hydrogen-bond donors (Lipinski definition) is 2. The van der Waals surface area contributed by atoms with E-state index in [0.29, 0.717) is 18.0 Å². The first-order valence-electron chi connectivity index (χ1n) is 8.68. The Balaban J connectivity index is 1.61. The third-order valence-corrected chi connectivity index (χ3v) is 5.42. The van der Waals surface area contributed by atoms with E-state index in [0.717, 1.165) is 15.9 Å². The normalized spacial score (nSPS) is 10.9. The van der Waals surface area contributed by atoms with Gasteiger partial charge in [-0.25, -0.2) is 0 Å². The van der Waals surface area contributed by atoms with Crippen LogP contribution in [0.4, 0.5) is 5.69 Å². The maximum atomic E-state index is 12.5. The Morgan fingerprint density at radius 3 is 2.75 bits per heavy atom. The van der Waals surface area contributed by atoms with Crippen LogP contribution in [0.3, 0.4) is 0 Å². The van der Waals surface area contributed by atoms with E-state index in [1.807, 2.05) is 13.8 Å². The summed E-state index contributed by atoms with van der Waals surface area (Å²) in [5.41, 5.74) is 2.47. The molecule has 0 aliphatic rings. The molecule has 3 aromatic rings. The van der Waals surface area contributed by atoms with Gasteiger partial charge in [-0.1, -0.05) is 0 Å². The lowest BCUT2D eigenvalue weighted by atomic mass is 10.3. The number of aryl methyl sites for hydroxylation is 3. The number of aromatic nitrogens is 4. The smallest absolute Gasteiger partial charge is 0.272 e. The molecule has 3 aromatic heterocycles. The third-order valence-electron chi connectivity index (χ3n) is 4.28. The molecule has 2 N–H and O–H groups in total. The summed E-state index contributed by atoms with van der Waals surface area (Å²) in [5.74, 6) is 0.0584. The van der Waals surface area contributed by atoms with Gasteiger partial charge in [0.2, 0.25) is 5.91 Å². The molecule has 0 bridgehead atoms. The quantitative estimate of drug-likeness (QED) is 0.577. The minimum atomic E-state index is -0.353. The Hall–Kier alpha value is -2.88. The number of hydrogen-bond acceptors (Lipinski definition) is 5. The summed E-state index contributed by atoms with van der Waals surface area (Å²) < 4.78 is 9.34. The van der Waals surface area contributed by atoms with Gasteiger partial charge in [0.05, 0.1) is 41.4 Å². The lowest BCUT2D eigenvalue weighted by molar-refractivity contribution is -0.116. The van der Waals surface area contributed by atoms with E-state index in [1.165, 1.54) is 10.9 Å². The van der Waals surface area contributed by atoms with Gasteiger partial charge in [0.15, 0.2) is 0 Å². The molecule has 3 rings (SSSR count). The zero-order valence-corrected chi connectivity index (χ0v) is 17.4. The molecule has 10 heteroatoms. The van der Waals surface area contributed by atoms with Gasteiger partial charge in [0.1, 0.15) is 11.5 Å². The van der Waals surface area contributed by atoms with Crippen molar-refractivity contribution < 1.29 is 14.0 Å². The molecule has 0 spiro atoms. The topological polar surface area (TPSA) is 107 Å². The van der Waals surface area contributed by atoms with E-state index in [9.17, 15) is 9.59 Å². The van der Waals surface area contributed by atoms with Crippen LogP contribution in [0.15, 0.2) is 33.5 Å². The number of carbonyl (C=O) groups is 2. The minimum absolute atomic E-state index is 0.219. The van der Waals surface area contributed by atoms with Crippen LogP contribution in [-0.4, -0.2) is 31.4 Å². The Morgan fingerprint density at radius 1 is 1.32 bits per heavy atom. The van der Waals surface area contributed by atoms with Crippen LogP contribution in [0, 0.1) is 13.8 Å². The van der Waals surface area contributed by atoms with Crippen molar-refractivity contribution in [3.63, 3.8) is 0 Å². The summed E-state index contributed by atoms with van der Waals surface area (Å²) in [6.07, 6.45) is 3.22. The monoisotopic (exact) mass is 448 g/mol. The Kier molecular flexibility index (Phi) is 5.98. The van der Waals surface area contributed by atoms with Crippen molar-refractivity contribution in [1.29, 1.82) is 0 Å². The van der Waals surface area contributed by atoms with Gasteiger partial charge in [-0.2, -0.15) is 10.2 Å². The molecule has 0 aliphatic heterocycles. The van der Waals surface area contributed by atoms with E-state index in [4.69, 9.17) is 4.42 Å². The molecular formula is C18H21BrN6O3. The van der Waals surface area contributed by atoms with E-state index >= 15 is 0 Å². The van der Waals surface area contributed by atoms with Gasteiger partial charge in [0, 0.05) is 19.2 Å². The van der Waals surface area contributed by atoms with Crippen LogP contribution in [0.25, 0.3) is 0 Å². The number of furan rings is 1. The molecule has 2 amide bonds. The zero-order chi connectivity index (χ0) is 20.3. The van der Waals surface area contributed by atoms with Crippen LogP contribution in [0.1, 0.15) is 34.1 Å². The lowest BCUT2D eigenvalue weighted by Crippen LogP contribution is -2.26. The second kappa shape index (κ2) is 8.42. The SMILES string of the molecule is Cc1nn(CCC(=O)Nc2cnn(C)c2C(=O)NCc2ccco2)c(C)c1Br. The summed E-state index contributed by atoms with van der Waals surface area (Å²) in [6, 6.07) is 3.52. The number of nitrogens with one attached hydrogen (secondary N) is 2. The number of rotatable bonds is 7. The number of nitrogens with zero attached hydrogens (tertiary/aromatic N) is 4. The second-order valence-corrected chi connectivity index (χ2v) is 7.09. The summed E-state index contributed by atoms with van der Waals surface area (Å²) in [5, 5.41) is 14.0. The summed E-state index contributed by atoms with van der Waals surface area (Å²) >= 11 is 3.47. The van der Waals surface area contributed by atoms with Crippen LogP contribution < -0.4 is 10.6 Å². The minimum Gasteiger partial charge on any atom is -0.467 e. The fraction of sp³-hybridized carbons (Fsp3) is 0.333. The molecule has 0 saturated carbocycles. The van der Waals surface area contributed by atoms with Crippen LogP contribution in [0.5, 0.6) is 0 Å². The first-order chi connectivity index (χ1) is 13.4. The largest absolute Gasteiger partial charge is 0.467 e. The first kappa shape index (κ1) is 19.9. The molecule has 0 unspecified atom stereocenters. The van der Waals surface area contributed by atoms with Crippen molar-refractivity contribution in [3.05, 3.63) is 51.9 Å². The van der Waals surface area contributed by atoms with Crippen LogP contribution >= 0.6 is 15.9 Å². The van der Waals surface area contributed by atoms with Gasteiger partial charge in [-0.05, 0) is 41.9 Å². The van der Waals surface area contributed by atoms with Crippen LogP contribution in [-0.2, 0) is 24.9 Å². The van der Waals surface area contributed by atoms with Crippen molar-refractivity contribution in [2.45, 2.75) is 33.4 Å². The Bertz CT molecular complexity index is 990. The maximum Gasteiger partial charge on any atom is 0.272 e. The van der Waals surface area contributed by atoms with Gasteiger partial charge < -0.3 is 15.1 Å². The van der Waals surface area contributed by atoms with Crippen molar-refractivity contribution in [2.24, 2.45) is 7.05 Å². The van der Waals surface area contributed by atoms with E-state index < -0.39 is 0 Å². The fourth-order valence-corrected chi connectivity index (χ4v) is 3.06. The Morgan fingerprint density at radius 2 is 2.11 bits per heavy atom. The molecular weight excluding hydrogens is 428 g/mol. The number of halogens is 1. The highest BCUT2D eigenvalue weighted by Gasteiger charge is 2.19. The first-order valence-corrected chi connectivity index (χ1v) is 9.48. The predicted octanol–water partition coefficient (Wildman–Crippen LogP) is 2.55. The third kappa shape index (κ3) is 4.33. The maximum absolute atomic E-state index is 12.5. The predicted molar refractivity (Wildman–Crippen MR) is 106 cm³/mol. The Labute approximate surface area is 170 Å². The molecule has 0 radical (unpaired) electrons. The molecule has 0 saturated heterocycles. The highest BCUT2D eigenvalue weighted by molar-refractivity contribution is 9.10. The summed E-state index contributed by atoms with van der Waals surface area (Å²) in [6.45, 7) is 4.52.